The van der Waals surface area contributed by atoms with Crippen LogP contribution in [0.3, 0.4) is 0 Å². The fourth-order valence-electron chi connectivity index (χ4n) is 3.96. The second-order valence-corrected chi connectivity index (χ2v) is 7.22. The summed E-state index contributed by atoms with van der Waals surface area (Å²) in [5.41, 5.74) is 4.14. The summed E-state index contributed by atoms with van der Waals surface area (Å²) in [5.74, 6) is 2.30. The topological polar surface area (TPSA) is 61.1 Å². The van der Waals surface area contributed by atoms with Gasteiger partial charge in [0, 0.05) is 28.6 Å². The second kappa shape index (κ2) is 7.70. The zero-order chi connectivity index (χ0) is 20.5. The lowest BCUT2D eigenvalue weighted by atomic mass is 9.98. The van der Waals surface area contributed by atoms with Gasteiger partial charge in [0.15, 0.2) is 6.73 Å². The number of rotatable bonds is 5. The molecule has 29 heavy (non-hydrogen) atoms. The molecule has 0 fully saturated rings. The van der Waals surface area contributed by atoms with Gasteiger partial charge < -0.3 is 23.5 Å². The highest BCUT2D eigenvalue weighted by Crippen LogP contribution is 2.40. The Hall–Kier alpha value is -3.15. The lowest BCUT2D eigenvalue weighted by Gasteiger charge is -2.33. The predicted octanol–water partition coefficient (Wildman–Crippen LogP) is 4.43. The molecule has 1 aromatic heterocycles. The van der Waals surface area contributed by atoms with Crippen molar-refractivity contribution in [1.29, 1.82) is 0 Å². The number of benzene rings is 2. The zero-order valence-corrected chi connectivity index (χ0v) is 17.2. The highest BCUT2D eigenvalue weighted by Gasteiger charge is 2.25. The molecule has 0 aliphatic carbocycles. The molecule has 1 aliphatic rings. The Morgan fingerprint density at radius 1 is 1.14 bits per heavy atom. The van der Waals surface area contributed by atoms with Crippen LogP contribution < -0.4 is 24.7 Å². The number of aryl methyl sites for hydroxylation is 2. The Morgan fingerprint density at radius 2 is 1.97 bits per heavy atom. The molecule has 0 atom stereocenters. The minimum Gasteiger partial charge on any atom is -0.497 e. The summed E-state index contributed by atoms with van der Waals surface area (Å²) in [6, 6.07) is 9.40. The number of ether oxygens (including phenoxy) is 3. The molecule has 0 unspecified atom stereocenters. The molecular formula is C23H25NO5. The van der Waals surface area contributed by atoms with Gasteiger partial charge in [-0.15, -0.1) is 0 Å². The highest BCUT2D eigenvalue weighted by atomic mass is 16.5. The first-order valence-electron chi connectivity index (χ1n) is 9.74. The molecule has 0 radical (unpaired) electrons. The van der Waals surface area contributed by atoms with E-state index in [9.17, 15) is 4.79 Å². The number of hydrogen-bond acceptors (Lipinski definition) is 6. The molecule has 2 heterocycles. The summed E-state index contributed by atoms with van der Waals surface area (Å²) in [6.45, 7) is 5.06. The van der Waals surface area contributed by atoms with Crippen molar-refractivity contribution in [3.8, 4) is 17.2 Å². The average molecular weight is 395 g/mol. The van der Waals surface area contributed by atoms with Crippen LogP contribution in [-0.4, -0.2) is 21.0 Å². The SMILES string of the molecule is CCCc1cc(=O)oc2c(C)c3c(cc12)CN(c1cc(OC)ccc1OC)CO3. The summed E-state index contributed by atoms with van der Waals surface area (Å²) < 4.78 is 22.6. The summed E-state index contributed by atoms with van der Waals surface area (Å²) in [7, 11) is 3.30. The van der Waals surface area contributed by atoms with Crippen molar-refractivity contribution in [1.82, 2.24) is 0 Å². The van der Waals surface area contributed by atoms with Crippen LogP contribution >= 0.6 is 0 Å². The fraction of sp³-hybridized carbons (Fsp3) is 0.348. The first-order chi connectivity index (χ1) is 14.0. The van der Waals surface area contributed by atoms with Gasteiger partial charge in [0.25, 0.3) is 0 Å². The van der Waals surface area contributed by atoms with Gasteiger partial charge in [-0.2, -0.15) is 0 Å². The molecule has 0 bridgehead atoms. The Kier molecular flexibility index (Phi) is 5.09. The van der Waals surface area contributed by atoms with E-state index in [1.165, 1.54) is 0 Å². The Balaban J connectivity index is 1.81. The third-order valence-corrected chi connectivity index (χ3v) is 5.35. The van der Waals surface area contributed by atoms with Crippen molar-refractivity contribution in [2.45, 2.75) is 33.2 Å². The molecule has 2 aromatic carbocycles. The maximum absolute atomic E-state index is 12.0. The smallest absolute Gasteiger partial charge is 0.336 e. The van der Waals surface area contributed by atoms with E-state index in [4.69, 9.17) is 18.6 Å². The van der Waals surface area contributed by atoms with Crippen molar-refractivity contribution < 1.29 is 18.6 Å². The number of fused-ring (bicyclic) bond motifs is 2. The first-order valence-corrected chi connectivity index (χ1v) is 9.74. The van der Waals surface area contributed by atoms with Gasteiger partial charge in [-0.05, 0) is 37.1 Å². The minimum absolute atomic E-state index is 0.317. The molecule has 3 aromatic rings. The fourth-order valence-corrected chi connectivity index (χ4v) is 3.96. The summed E-state index contributed by atoms with van der Waals surface area (Å²) in [6.07, 6.45) is 1.78. The number of methoxy groups -OCH3 is 2. The molecule has 152 valence electrons. The van der Waals surface area contributed by atoms with Gasteiger partial charge in [-0.3, -0.25) is 0 Å². The van der Waals surface area contributed by atoms with Crippen molar-refractivity contribution in [3.63, 3.8) is 0 Å². The largest absolute Gasteiger partial charge is 0.497 e. The monoisotopic (exact) mass is 395 g/mol. The van der Waals surface area contributed by atoms with Crippen LogP contribution in [0.5, 0.6) is 17.2 Å². The molecule has 0 saturated heterocycles. The van der Waals surface area contributed by atoms with Gasteiger partial charge in [-0.25, -0.2) is 4.79 Å². The summed E-state index contributed by atoms with van der Waals surface area (Å²) in [4.78, 5) is 14.1. The molecule has 0 saturated carbocycles. The predicted molar refractivity (Wildman–Crippen MR) is 112 cm³/mol. The van der Waals surface area contributed by atoms with Crippen molar-refractivity contribution in [2.24, 2.45) is 0 Å². The van der Waals surface area contributed by atoms with Gasteiger partial charge in [0.2, 0.25) is 0 Å². The Labute approximate surface area is 169 Å². The number of nitrogens with zero attached hydrogens (tertiary/aromatic N) is 1. The lowest BCUT2D eigenvalue weighted by Crippen LogP contribution is -2.32. The quantitative estimate of drug-likeness (QED) is 0.596. The first kappa shape index (κ1) is 19.2. The van der Waals surface area contributed by atoms with Crippen molar-refractivity contribution >= 4 is 16.7 Å². The minimum atomic E-state index is -0.317. The molecule has 0 amide bonds. The normalized spacial score (nSPS) is 13.2. The maximum atomic E-state index is 12.0. The van der Waals surface area contributed by atoms with Crippen LogP contribution in [0.1, 0.15) is 30.0 Å². The third-order valence-electron chi connectivity index (χ3n) is 5.35. The van der Waals surface area contributed by atoms with Gasteiger partial charge in [0.05, 0.1) is 26.5 Å². The molecule has 6 heteroatoms. The number of anilines is 1. The Bertz CT molecular complexity index is 1120. The van der Waals surface area contributed by atoms with E-state index in [0.29, 0.717) is 18.9 Å². The van der Waals surface area contributed by atoms with Crippen LogP contribution in [0.2, 0.25) is 0 Å². The molecular weight excluding hydrogens is 370 g/mol. The van der Waals surface area contributed by atoms with Gasteiger partial charge in [0.1, 0.15) is 22.8 Å². The van der Waals surface area contributed by atoms with E-state index >= 15 is 0 Å². The van der Waals surface area contributed by atoms with Crippen LogP contribution in [0.15, 0.2) is 39.5 Å². The van der Waals surface area contributed by atoms with E-state index in [0.717, 1.165) is 57.9 Å². The van der Waals surface area contributed by atoms with Gasteiger partial charge >= 0.3 is 5.63 Å². The molecule has 0 spiro atoms. The van der Waals surface area contributed by atoms with Crippen LogP contribution in [-0.2, 0) is 13.0 Å². The lowest BCUT2D eigenvalue weighted by molar-refractivity contribution is 0.285. The van der Waals surface area contributed by atoms with E-state index in [-0.39, 0.29) is 5.63 Å². The van der Waals surface area contributed by atoms with E-state index in [1.54, 1.807) is 20.3 Å². The molecule has 1 aliphatic heterocycles. The van der Waals surface area contributed by atoms with Gasteiger partial charge in [-0.1, -0.05) is 13.3 Å². The molecule has 4 rings (SSSR count). The third kappa shape index (κ3) is 3.39. The highest BCUT2D eigenvalue weighted by molar-refractivity contribution is 5.86. The second-order valence-electron chi connectivity index (χ2n) is 7.22. The van der Waals surface area contributed by atoms with E-state index < -0.39 is 0 Å². The molecule has 0 N–H and O–H groups in total. The van der Waals surface area contributed by atoms with Crippen molar-refractivity contribution in [2.75, 3.05) is 25.9 Å². The molecule has 6 nitrogen and oxygen atoms in total. The van der Waals surface area contributed by atoms with Crippen LogP contribution in [0.4, 0.5) is 5.69 Å². The van der Waals surface area contributed by atoms with E-state index in [2.05, 4.69) is 17.9 Å². The summed E-state index contributed by atoms with van der Waals surface area (Å²) in [5, 5.41) is 0.978. The number of hydrogen-bond donors (Lipinski definition) is 0. The Morgan fingerprint density at radius 3 is 2.69 bits per heavy atom. The standard InChI is InChI=1S/C23H25NO5/c1-5-6-15-10-21(25)29-23-14(2)22-16(9-18(15)23)12-24(13-28-22)19-11-17(26-3)7-8-20(19)27-4/h7-11H,5-6,12-13H2,1-4H3. The van der Waals surface area contributed by atoms with E-state index in [1.807, 2.05) is 25.1 Å². The van der Waals surface area contributed by atoms with Crippen LogP contribution in [0, 0.1) is 6.92 Å². The van der Waals surface area contributed by atoms with Crippen molar-refractivity contribution in [3.05, 3.63) is 57.4 Å². The maximum Gasteiger partial charge on any atom is 0.336 e. The average Bonchev–Trinajstić information content (AvgIpc) is 2.74. The zero-order valence-electron chi connectivity index (χ0n) is 17.2. The van der Waals surface area contributed by atoms with Crippen LogP contribution in [0.25, 0.3) is 11.0 Å². The summed E-state index contributed by atoms with van der Waals surface area (Å²) >= 11 is 0.